The number of rotatable bonds is 4. The number of ether oxygens (including phenoxy) is 1. The second-order valence-corrected chi connectivity index (χ2v) is 5.61. The Morgan fingerprint density at radius 2 is 2.11 bits per heavy atom. The molecule has 5 heteroatoms. The van der Waals surface area contributed by atoms with Crippen molar-refractivity contribution in [1.82, 2.24) is 4.90 Å². The highest BCUT2D eigenvalue weighted by atomic mass is 35.5. The summed E-state index contributed by atoms with van der Waals surface area (Å²) in [5.41, 5.74) is 5.70. The molecule has 0 aromatic carbocycles. The predicted molar refractivity (Wildman–Crippen MR) is 78.4 cm³/mol. The van der Waals surface area contributed by atoms with Crippen LogP contribution in [0, 0.1) is 5.92 Å². The molecule has 2 aliphatic rings. The zero-order valence-electron chi connectivity index (χ0n) is 11.7. The molecule has 19 heavy (non-hydrogen) atoms. The van der Waals surface area contributed by atoms with Crippen molar-refractivity contribution in [2.75, 3.05) is 26.2 Å². The van der Waals surface area contributed by atoms with E-state index >= 15 is 0 Å². The maximum absolute atomic E-state index is 12.1. The van der Waals surface area contributed by atoms with Crippen LogP contribution in [0.3, 0.4) is 0 Å². The molecule has 2 atom stereocenters. The molecule has 112 valence electrons. The van der Waals surface area contributed by atoms with Gasteiger partial charge in [-0.15, -0.1) is 12.4 Å². The lowest BCUT2D eigenvalue weighted by Gasteiger charge is -2.32. The molecular weight excluding hydrogens is 264 g/mol. The van der Waals surface area contributed by atoms with Crippen LogP contribution in [-0.4, -0.2) is 43.2 Å². The van der Waals surface area contributed by atoms with Crippen LogP contribution < -0.4 is 5.73 Å². The van der Waals surface area contributed by atoms with Gasteiger partial charge in [0.2, 0.25) is 5.91 Å². The maximum atomic E-state index is 12.1. The average molecular weight is 291 g/mol. The molecule has 2 unspecified atom stereocenters. The van der Waals surface area contributed by atoms with Crippen molar-refractivity contribution in [2.24, 2.45) is 11.7 Å². The Morgan fingerprint density at radius 3 is 2.79 bits per heavy atom. The van der Waals surface area contributed by atoms with E-state index in [1.165, 1.54) is 19.3 Å². The van der Waals surface area contributed by atoms with E-state index in [1.54, 1.807) is 0 Å². The van der Waals surface area contributed by atoms with Gasteiger partial charge in [0.05, 0.1) is 6.10 Å². The molecule has 0 spiro atoms. The Bertz CT molecular complexity index is 270. The van der Waals surface area contributed by atoms with Crippen LogP contribution in [-0.2, 0) is 9.53 Å². The third-order valence-electron chi connectivity index (χ3n) is 4.16. The van der Waals surface area contributed by atoms with Crippen molar-refractivity contribution in [1.29, 1.82) is 0 Å². The maximum Gasteiger partial charge on any atom is 0.222 e. The fraction of sp³-hybridized carbons (Fsp3) is 0.929. The fourth-order valence-electron chi connectivity index (χ4n) is 2.96. The highest BCUT2D eigenvalue weighted by molar-refractivity contribution is 5.85. The standard InChI is InChI=1S/C14H26N2O2.ClH/c15-10-12-4-3-8-16(11-12)14(17)7-6-13-5-1-2-9-18-13;/h12-13H,1-11,15H2;1H. The summed E-state index contributed by atoms with van der Waals surface area (Å²) in [5, 5.41) is 0. The molecular formula is C14H27ClN2O2. The van der Waals surface area contributed by atoms with E-state index < -0.39 is 0 Å². The predicted octanol–water partition coefficient (Wildman–Crippen LogP) is 1.95. The third kappa shape index (κ3) is 5.28. The third-order valence-corrected chi connectivity index (χ3v) is 4.16. The summed E-state index contributed by atoms with van der Waals surface area (Å²) in [5.74, 6) is 0.802. The molecule has 2 aliphatic heterocycles. The van der Waals surface area contributed by atoms with Crippen LogP contribution in [0.25, 0.3) is 0 Å². The first-order valence-corrected chi connectivity index (χ1v) is 7.39. The van der Waals surface area contributed by atoms with Gasteiger partial charge in [-0.2, -0.15) is 0 Å². The first kappa shape index (κ1) is 16.7. The van der Waals surface area contributed by atoms with E-state index in [9.17, 15) is 4.79 Å². The quantitative estimate of drug-likeness (QED) is 0.861. The average Bonchev–Trinajstić information content (AvgIpc) is 2.46. The zero-order chi connectivity index (χ0) is 12.8. The normalized spacial score (nSPS) is 27.7. The summed E-state index contributed by atoms with van der Waals surface area (Å²) in [6, 6.07) is 0. The molecule has 0 aliphatic carbocycles. The second kappa shape index (κ2) is 8.77. The summed E-state index contributed by atoms with van der Waals surface area (Å²) in [4.78, 5) is 14.1. The molecule has 0 saturated carbocycles. The number of hydrogen-bond donors (Lipinski definition) is 1. The van der Waals surface area contributed by atoms with Gasteiger partial charge in [0.15, 0.2) is 0 Å². The minimum atomic E-state index is 0. The summed E-state index contributed by atoms with van der Waals surface area (Å²) >= 11 is 0. The van der Waals surface area contributed by atoms with E-state index in [4.69, 9.17) is 10.5 Å². The van der Waals surface area contributed by atoms with E-state index in [2.05, 4.69) is 0 Å². The number of amides is 1. The zero-order valence-corrected chi connectivity index (χ0v) is 12.5. The monoisotopic (exact) mass is 290 g/mol. The number of nitrogens with zero attached hydrogens (tertiary/aromatic N) is 1. The van der Waals surface area contributed by atoms with Crippen LogP contribution in [0.5, 0.6) is 0 Å². The van der Waals surface area contributed by atoms with Gasteiger partial charge in [-0.05, 0) is 51.0 Å². The molecule has 2 rings (SSSR count). The number of nitrogens with two attached hydrogens (primary N) is 1. The Balaban J connectivity index is 0.00000180. The Morgan fingerprint density at radius 1 is 1.26 bits per heavy atom. The Hall–Kier alpha value is -0.320. The molecule has 0 aromatic rings. The lowest BCUT2D eigenvalue weighted by molar-refractivity contribution is -0.134. The van der Waals surface area contributed by atoms with Crippen molar-refractivity contribution in [2.45, 2.75) is 51.0 Å². The number of hydrogen-bond acceptors (Lipinski definition) is 3. The molecule has 2 N–H and O–H groups in total. The van der Waals surface area contributed by atoms with Gasteiger partial charge in [0.25, 0.3) is 0 Å². The van der Waals surface area contributed by atoms with Crippen LogP contribution >= 0.6 is 12.4 Å². The van der Waals surface area contributed by atoms with Gasteiger partial charge in [0.1, 0.15) is 0 Å². The molecule has 4 nitrogen and oxygen atoms in total. The van der Waals surface area contributed by atoms with Crippen LogP contribution in [0.1, 0.15) is 44.9 Å². The number of carbonyl (C=O) groups excluding carboxylic acids is 1. The smallest absolute Gasteiger partial charge is 0.222 e. The van der Waals surface area contributed by atoms with Gasteiger partial charge in [0, 0.05) is 26.1 Å². The lowest BCUT2D eigenvalue weighted by Crippen LogP contribution is -2.42. The lowest BCUT2D eigenvalue weighted by atomic mass is 9.97. The van der Waals surface area contributed by atoms with Crippen LogP contribution in [0.4, 0.5) is 0 Å². The van der Waals surface area contributed by atoms with Crippen molar-refractivity contribution in [3.63, 3.8) is 0 Å². The highest BCUT2D eigenvalue weighted by Crippen LogP contribution is 2.20. The SMILES string of the molecule is Cl.NCC1CCCN(C(=O)CCC2CCCCO2)C1. The molecule has 2 saturated heterocycles. The van der Waals surface area contributed by atoms with Gasteiger partial charge in [-0.1, -0.05) is 0 Å². The number of carbonyl (C=O) groups is 1. The molecule has 1 amide bonds. The van der Waals surface area contributed by atoms with Crippen molar-refractivity contribution >= 4 is 18.3 Å². The molecule has 0 radical (unpaired) electrons. The van der Waals surface area contributed by atoms with Crippen molar-refractivity contribution in [3.8, 4) is 0 Å². The largest absolute Gasteiger partial charge is 0.378 e. The minimum absolute atomic E-state index is 0. The Labute approximate surface area is 122 Å². The van der Waals surface area contributed by atoms with E-state index in [0.717, 1.165) is 39.0 Å². The van der Waals surface area contributed by atoms with Gasteiger partial charge < -0.3 is 15.4 Å². The summed E-state index contributed by atoms with van der Waals surface area (Å²) in [7, 11) is 0. The number of likely N-dealkylation sites (tertiary alicyclic amines) is 1. The van der Waals surface area contributed by atoms with Gasteiger partial charge in [-0.3, -0.25) is 4.79 Å². The fourth-order valence-corrected chi connectivity index (χ4v) is 2.96. The summed E-state index contributed by atoms with van der Waals surface area (Å²) < 4.78 is 5.67. The topological polar surface area (TPSA) is 55.6 Å². The van der Waals surface area contributed by atoms with E-state index in [0.29, 0.717) is 30.9 Å². The molecule has 2 heterocycles. The molecule has 0 bridgehead atoms. The highest BCUT2D eigenvalue weighted by Gasteiger charge is 2.23. The first-order chi connectivity index (χ1) is 8.79. The van der Waals surface area contributed by atoms with Crippen molar-refractivity contribution in [3.05, 3.63) is 0 Å². The number of halogens is 1. The van der Waals surface area contributed by atoms with Crippen LogP contribution in [0.15, 0.2) is 0 Å². The van der Waals surface area contributed by atoms with Crippen LogP contribution in [0.2, 0.25) is 0 Å². The molecule has 2 fully saturated rings. The Kier molecular flexibility index (Phi) is 7.73. The number of piperidine rings is 1. The van der Waals surface area contributed by atoms with Crippen molar-refractivity contribution < 1.29 is 9.53 Å². The summed E-state index contributed by atoms with van der Waals surface area (Å²) in [6.45, 7) is 3.36. The first-order valence-electron chi connectivity index (χ1n) is 7.39. The molecule has 0 aromatic heterocycles. The van der Waals surface area contributed by atoms with Gasteiger partial charge >= 0.3 is 0 Å². The van der Waals surface area contributed by atoms with Gasteiger partial charge in [-0.25, -0.2) is 0 Å². The van der Waals surface area contributed by atoms with E-state index in [1.807, 2.05) is 4.90 Å². The minimum Gasteiger partial charge on any atom is -0.378 e. The van der Waals surface area contributed by atoms with E-state index in [-0.39, 0.29) is 12.4 Å². The second-order valence-electron chi connectivity index (χ2n) is 5.61. The summed E-state index contributed by atoms with van der Waals surface area (Å²) in [6.07, 6.45) is 7.67.